The maximum Gasteiger partial charge on any atom is 0.161 e. The van der Waals surface area contributed by atoms with Gasteiger partial charge in [0.1, 0.15) is 9.84 Å². The van der Waals surface area contributed by atoms with E-state index in [0.717, 1.165) is 42.8 Å². The minimum Gasteiger partial charge on any atom is -0.493 e. The third-order valence-corrected chi connectivity index (χ3v) is 7.23. The van der Waals surface area contributed by atoms with E-state index in [9.17, 15) is 8.42 Å². The van der Waals surface area contributed by atoms with Crippen molar-refractivity contribution in [3.63, 3.8) is 0 Å². The average molecular weight is 457 g/mol. The molecular weight excluding hydrogens is 424 g/mol. The molecule has 6 nitrogen and oxygen atoms in total. The number of ether oxygens (including phenoxy) is 2. The van der Waals surface area contributed by atoms with Crippen LogP contribution in [0.15, 0.2) is 42.6 Å². The highest BCUT2D eigenvalue weighted by molar-refractivity contribution is 7.90. The summed E-state index contributed by atoms with van der Waals surface area (Å²) in [5.74, 6) is 1.67. The van der Waals surface area contributed by atoms with Crippen molar-refractivity contribution in [1.82, 2.24) is 9.88 Å². The van der Waals surface area contributed by atoms with Crippen LogP contribution < -0.4 is 9.47 Å². The van der Waals surface area contributed by atoms with Gasteiger partial charge in [0, 0.05) is 42.5 Å². The normalized spacial score (nSPS) is 16.8. The van der Waals surface area contributed by atoms with Crippen molar-refractivity contribution in [2.24, 2.45) is 0 Å². The molecule has 0 unspecified atom stereocenters. The molecular formula is C25H32N2O4S. The quantitative estimate of drug-likeness (QED) is 0.524. The Kier molecular flexibility index (Phi) is 6.76. The molecule has 1 aromatic heterocycles. The lowest BCUT2D eigenvalue weighted by Crippen LogP contribution is -2.38. The first-order valence-electron chi connectivity index (χ1n) is 11.2. The van der Waals surface area contributed by atoms with Gasteiger partial charge in [0.05, 0.1) is 19.5 Å². The molecule has 0 radical (unpaired) electrons. The highest BCUT2D eigenvalue weighted by Crippen LogP contribution is 2.40. The molecule has 0 bridgehead atoms. The van der Waals surface area contributed by atoms with E-state index < -0.39 is 9.84 Å². The van der Waals surface area contributed by atoms with Crippen LogP contribution in [0.5, 0.6) is 11.5 Å². The van der Waals surface area contributed by atoms with Gasteiger partial charge in [0.15, 0.2) is 11.5 Å². The number of nitrogens with one attached hydrogen (secondary N) is 1. The Morgan fingerprint density at radius 3 is 2.75 bits per heavy atom. The molecule has 172 valence electrons. The second-order valence-corrected chi connectivity index (χ2v) is 10.7. The molecule has 0 spiro atoms. The lowest BCUT2D eigenvalue weighted by atomic mass is 9.88. The van der Waals surface area contributed by atoms with Gasteiger partial charge in [0.25, 0.3) is 0 Å². The van der Waals surface area contributed by atoms with Gasteiger partial charge < -0.3 is 14.5 Å². The Morgan fingerprint density at radius 2 is 2.00 bits per heavy atom. The van der Waals surface area contributed by atoms with Crippen molar-refractivity contribution >= 4 is 20.7 Å². The summed E-state index contributed by atoms with van der Waals surface area (Å²) in [5, 5.41) is 1.25. The minimum atomic E-state index is -3.03. The Balaban J connectivity index is 1.66. The standard InChI is InChI=1S/C25H32N2O4S/c1-4-31-25-16-21-18(15-24(25)30-2)11-12-27(13-14-32(3,28)29)23(21)10-9-19-17-26-22-8-6-5-7-20(19)22/h5-8,15-17,23,26H,4,9-14H2,1-3H3/t23-/m0/s1. The lowest BCUT2D eigenvalue weighted by Gasteiger charge is -2.38. The van der Waals surface area contributed by atoms with Gasteiger partial charge in [-0.25, -0.2) is 8.42 Å². The van der Waals surface area contributed by atoms with Gasteiger partial charge >= 0.3 is 0 Å². The van der Waals surface area contributed by atoms with Crippen LogP contribution in [0.4, 0.5) is 0 Å². The van der Waals surface area contributed by atoms with E-state index in [-0.39, 0.29) is 11.8 Å². The number of aromatic amines is 1. The molecule has 3 aromatic rings. The third-order valence-electron chi connectivity index (χ3n) is 6.30. The monoisotopic (exact) mass is 456 g/mol. The first-order chi connectivity index (χ1) is 15.4. The van der Waals surface area contributed by atoms with Crippen LogP contribution in [0.2, 0.25) is 0 Å². The summed E-state index contributed by atoms with van der Waals surface area (Å²) in [6.07, 6.45) is 6.07. The van der Waals surface area contributed by atoms with E-state index in [1.54, 1.807) is 7.11 Å². The summed E-state index contributed by atoms with van der Waals surface area (Å²) in [6, 6.07) is 12.7. The summed E-state index contributed by atoms with van der Waals surface area (Å²) in [5.41, 5.74) is 4.90. The van der Waals surface area contributed by atoms with Gasteiger partial charge in [0.2, 0.25) is 0 Å². The van der Waals surface area contributed by atoms with E-state index in [2.05, 4.69) is 46.4 Å². The number of fused-ring (bicyclic) bond motifs is 2. The van der Waals surface area contributed by atoms with E-state index in [0.29, 0.717) is 13.2 Å². The summed E-state index contributed by atoms with van der Waals surface area (Å²) in [6.45, 7) is 3.89. The van der Waals surface area contributed by atoms with Gasteiger partial charge in [-0.15, -0.1) is 0 Å². The van der Waals surface area contributed by atoms with Crippen LogP contribution in [-0.4, -0.2) is 57.1 Å². The fraction of sp³-hybridized carbons (Fsp3) is 0.440. The van der Waals surface area contributed by atoms with Crippen LogP contribution in [0.1, 0.15) is 36.1 Å². The highest BCUT2D eigenvalue weighted by atomic mass is 32.2. The molecule has 0 amide bonds. The molecule has 0 saturated heterocycles. The molecule has 4 rings (SSSR count). The van der Waals surface area contributed by atoms with Crippen LogP contribution in [0.25, 0.3) is 10.9 Å². The molecule has 1 aliphatic heterocycles. The third kappa shape index (κ3) is 4.94. The molecule has 0 aliphatic carbocycles. The maximum atomic E-state index is 11.9. The molecule has 0 fully saturated rings. The second-order valence-electron chi connectivity index (χ2n) is 8.46. The number of rotatable bonds is 9. The lowest BCUT2D eigenvalue weighted by molar-refractivity contribution is 0.185. The van der Waals surface area contributed by atoms with Crippen LogP contribution in [0.3, 0.4) is 0 Å². The van der Waals surface area contributed by atoms with E-state index in [1.165, 1.54) is 28.3 Å². The molecule has 1 atom stereocenters. The minimum absolute atomic E-state index is 0.124. The van der Waals surface area contributed by atoms with Gasteiger partial charge in [-0.3, -0.25) is 4.90 Å². The molecule has 0 saturated carbocycles. The number of hydrogen-bond acceptors (Lipinski definition) is 5. The van der Waals surface area contributed by atoms with Crippen molar-refractivity contribution in [3.8, 4) is 11.5 Å². The van der Waals surface area contributed by atoms with Crippen LogP contribution in [-0.2, 0) is 22.7 Å². The highest BCUT2D eigenvalue weighted by Gasteiger charge is 2.29. The number of methoxy groups -OCH3 is 1. The first-order valence-corrected chi connectivity index (χ1v) is 13.3. The van der Waals surface area contributed by atoms with Gasteiger partial charge in [-0.1, -0.05) is 18.2 Å². The number of H-pyrrole nitrogens is 1. The zero-order chi connectivity index (χ0) is 22.7. The summed E-state index contributed by atoms with van der Waals surface area (Å²) in [4.78, 5) is 5.68. The van der Waals surface area contributed by atoms with Gasteiger partial charge in [-0.2, -0.15) is 0 Å². The Hall–Kier alpha value is -2.51. The molecule has 1 N–H and O–H groups in total. The number of aromatic nitrogens is 1. The molecule has 2 heterocycles. The van der Waals surface area contributed by atoms with Crippen molar-refractivity contribution in [2.45, 2.75) is 32.2 Å². The molecule has 32 heavy (non-hydrogen) atoms. The number of benzene rings is 2. The molecule has 2 aromatic carbocycles. The fourth-order valence-corrected chi connectivity index (χ4v) is 5.27. The second kappa shape index (κ2) is 9.55. The summed E-state index contributed by atoms with van der Waals surface area (Å²) >= 11 is 0. The van der Waals surface area contributed by atoms with E-state index in [1.807, 2.05) is 13.0 Å². The molecule has 7 heteroatoms. The van der Waals surface area contributed by atoms with Crippen molar-refractivity contribution < 1.29 is 17.9 Å². The SMILES string of the molecule is CCOc1cc2c(cc1OC)CCN(CCS(C)(=O)=O)[C@H]2CCc1c[nH]c2ccccc12. The maximum absolute atomic E-state index is 11.9. The largest absolute Gasteiger partial charge is 0.493 e. The van der Waals surface area contributed by atoms with Crippen molar-refractivity contribution in [3.05, 3.63) is 59.3 Å². The van der Waals surface area contributed by atoms with Crippen LogP contribution in [0, 0.1) is 0 Å². The zero-order valence-electron chi connectivity index (χ0n) is 19.1. The topological polar surface area (TPSA) is 71.6 Å². The van der Waals surface area contributed by atoms with Gasteiger partial charge in [-0.05, 0) is 61.1 Å². The Morgan fingerprint density at radius 1 is 1.19 bits per heavy atom. The predicted molar refractivity (Wildman–Crippen MR) is 129 cm³/mol. The predicted octanol–water partition coefficient (Wildman–Crippen LogP) is 4.15. The smallest absolute Gasteiger partial charge is 0.161 e. The number of aryl methyl sites for hydroxylation is 1. The van der Waals surface area contributed by atoms with E-state index >= 15 is 0 Å². The number of sulfone groups is 1. The number of hydrogen-bond donors (Lipinski definition) is 1. The van der Waals surface area contributed by atoms with Crippen molar-refractivity contribution in [1.29, 1.82) is 0 Å². The van der Waals surface area contributed by atoms with Crippen LogP contribution >= 0.6 is 0 Å². The fourth-order valence-electron chi connectivity index (χ4n) is 4.71. The first kappa shape index (κ1) is 22.7. The van der Waals surface area contributed by atoms with E-state index in [4.69, 9.17) is 9.47 Å². The Bertz CT molecular complexity index is 1190. The average Bonchev–Trinajstić information content (AvgIpc) is 3.19. The summed E-state index contributed by atoms with van der Waals surface area (Å²) < 4.78 is 35.2. The summed E-state index contributed by atoms with van der Waals surface area (Å²) in [7, 11) is -1.36. The Labute approximate surface area is 190 Å². The zero-order valence-corrected chi connectivity index (χ0v) is 19.9. The molecule has 1 aliphatic rings. The number of nitrogens with zero attached hydrogens (tertiary/aromatic N) is 1. The van der Waals surface area contributed by atoms with Crippen molar-refractivity contribution in [2.75, 3.05) is 38.8 Å². The number of para-hydroxylation sites is 1.